The zero-order valence-electron chi connectivity index (χ0n) is 12.4. The topological polar surface area (TPSA) is 49.7 Å². The fourth-order valence-corrected chi connectivity index (χ4v) is 3.17. The van der Waals surface area contributed by atoms with E-state index in [1.54, 1.807) is 0 Å². The molecule has 1 aliphatic rings. The molecule has 2 aromatic rings. The van der Waals surface area contributed by atoms with E-state index in [0.717, 1.165) is 54.2 Å². The molecule has 0 bridgehead atoms. The quantitative estimate of drug-likeness (QED) is 0.661. The van der Waals surface area contributed by atoms with Crippen LogP contribution in [0.25, 0.3) is 10.8 Å². The van der Waals surface area contributed by atoms with Gasteiger partial charge in [-0.15, -0.1) is 0 Å². The Labute approximate surface area is 125 Å². The minimum Gasteiger partial charge on any atom is -0.507 e. The Morgan fingerprint density at radius 3 is 2.43 bits per heavy atom. The van der Waals surface area contributed by atoms with Gasteiger partial charge >= 0.3 is 0 Å². The number of rotatable bonds is 4. The molecule has 0 radical (unpaired) electrons. The highest BCUT2D eigenvalue weighted by Gasteiger charge is 2.26. The van der Waals surface area contributed by atoms with E-state index in [0.29, 0.717) is 17.9 Å². The van der Waals surface area contributed by atoms with E-state index in [-0.39, 0.29) is 6.10 Å². The van der Waals surface area contributed by atoms with Crippen LogP contribution < -0.4 is 0 Å². The standard InChI is InChI=1S/C18H22O3/c1-2-3-10-21-12-8-9-15-16(11-12)18(20)14-7-5-4-6-13(14)17(15)19/h4-7,12,19-20H,2-3,8-11H2,1H3. The highest BCUT2D eigenvalue weighted by atomic mass is 16.5. The molecular weight excluding hydrogens is 264 g/mol. The molecule has 2 N–H and O–H groups in total. The number of fused-ring (bicyclic) bond motifs is 2. The summed E-state index contributed by atoms with van der Waals surface area (Å²) in [6.45, 7) is 2.92. The first-order valence-corrected chi connectivity index (χ1v) is 7.78. The zero-order valence-corrected chi connectivity index (χ0v) is 12.4. The molecule has 0 amide bonds. The minimum absolute atomic E-state index is 0.149. The van der Waals surface area contributed by atoms with Crippen LogP contribution in [0.5, 0.6) is 11.5 Å². The molecule has 0 heterocycles. The third-order valence-electron chi connectivity index (χ3n) is 4.37. The Bertz CT molecular complexity index is 648. The lowest BCUT2D eigenvalue weighted by Crippen LogP contribution is -2.23. The molecule has 2 aromatic carbocycles. The molecule has 0 fully saturated rings. The lowest BCUT2D eigenvalue weighted by Gasteiger charge is -2.27. The van der Waals surface area contributed by atoms with Crippen LogP contribution in [0, 0.1) is 0 Å². The predicted molar refractivity (Wildman–Crippen MR) is 84.0 cm³/mol. The molecule has 0 saturated heterocycles. The van der Waals surface area contributed by atoms with Gasteiger partial charge in [-0.1, -0.05) is 37.6 Å². The van der Waals surface area contributed by atoms with Gasteiger partial charge in [0.05, 0.1) is 6.10 Å². The SMILES string of the molecule is CCCCOC1CCc2c(c(O)c3ccccc3c2O)C1. The summed E-state index contributed by atoms with van der Waals surface area (Å²) in [5.74, 6) is 0.632. The average molecular weight is 286 g/mol. The summed E-state index contributed by atoms with van der Waals surface area (Å²) in [5.41, 5.74) is 1.75. The molecule has 1 unspecified atom stereocenters. The summed E-state index contributed by atoms with van der Waals surface area (Å²) in [4.78, 5) is 0. The molecule has 0 aromatic heterocycles. The van der Waals surface area contributed by atoms with E-state index >= 15 is 0 Å². The molecule has 1 aliphatic carbocycles. The fraction of sp³-hybridized carbons (Fsp3) is 0.444. The van der Waals surface area contributed by atoms with Gasteiger partial charge in [-0.3, -0.25) is 0 Å². The third kappa shape index (κ3) is 2.58. The van der Waals surface area contributed by atoms with E-state index in [2.05, 4.69) is 6.92 Å². The molecule has 1 atom stereocenters. The van der Waals surface area contributed by atoms with Gasteiger partial charge in [0.15, 0.2) is 0 Å². The highest BCUT2D eigenvalue weighted by Crippen LogP contribution is 2.43. The van der Waals surface area contributed by atoms with Crippen molar-refractivity contribution in [2.45, 2.75) is 45.1 Å². The molecule has 0 saturated carbocycles. The van der Waals surface area contributed by atoms with Gasteiger partial charge in [0, 0.05) is 34.9 Å². The lowest BCUT2D eigenvalue weighted by atomic mass is 9.86. The van der Waals surface area contributed by atoms with Crippen LogP contribution >= 0.6 is 0 Å². The van der Waals surface area contributed by atoms with Crippen LogP contribution in [0.1, 0.15) is 37.3 Å². The second-order valence-corrected chi connectivity index (χ2v) is 5.79. The number of unbranched alkanes of at least 4 members (excludes halogenated alkanes) is 1. The number of hydrogen-bond acceptors (Lipinski definition) is 3. The number of aromatic hydroxyl groups is 2. The monoisotopic (exact) mass is 286 g/mol. The Morgan fingerprint density at radius 2 is 1.76 bits per heavy atom. The number of ether oxygens (including phenoxy) is 1. The van der Waals surface area contributed by atoms with Crippen LogP contribution in [0.4, 0.5) is 0 Å². The molecule has 3 nitrogen and oxygen atoms in total. The van der Waals surface area contributed by atoms with E-state index in [9.17, 15) is 10.2 Å². The van der Waals surface area contributed by atoms with Gasteiger partial charge in [0.2, 0.25) is 0 Å². The molecule has 0 aliphatic heterocycles. The fourth-order valence-electron chi connectivity index (χ4n) is 3.17. The summed E-state index contributed by atoms with van der Waals surface area (Å²) < 4.78 is 5.89. The van der Waals surface area contributed by atoms with Crippen molar-refractivity contribution in [3.05, 3.63) is 35.4 Å². The Morgan fingerprint density at radius 1 is 1.10 bits per heavy atom. The van der Waals surface area contributed by atoms with E-state index in [1.165, 1.54) is 0 Å². The van der Waals surface area contributed by atoms with Crippen LogP contribution in [-0.4, -0.2) is 22.9 Å². The first-order valence-electron chi connectivity index (χ1n) is 7.78. The van der Waals surface area contributed by atoms with Crippen molar-refractivity contribution in [2.75, 3.05) is 6.61 Å². The Hall–Kier alpha value is -1.74. The van der Waals surface area contributed by atoms with Crippen LogP contribution in [0.15, 0.2) is 24.3 Å². The average Bonchev–Trinajstić information content (AvgIpc) is 2.53. The molecular formula is C18H22O3. The summed E-state index contributed by atoms with van der Waals surface area (Å²) in [7, 11) is 0. The van der Waals surface area contributed by atoms with Crippen molar-refractivity contribution in [1.29, 1.82) is 0 Å². The largest absolute Gasteiger partial charge is 0.507 e. The van der Waals surface area contributed by atoms with Crippen LogP contribution in [0.2, 0.25) is 0 Å². The molecule has 21 heavy (non-hydrogen) atoms. The number of benzene rings is 2. The second kappa shape index (κ2) is 5.94. The van der Waals surface area contributed by atoms with Gasteiger partial charge in [-0.2, -0.15) is 0 Å². The molecule has 0 spiro atoms. The summed E-state index contributed by atoms with van der Waals surface area (Å²) in [6.07, 6.45) is 4.69. The van der Waals surface area contributed by atoms with E-state index in [1.807, 2.05) is 24.3 Å². The van der Waals surface area contributed by atoms with Crippen molar-refractivity contribution in [2.24, 2.45) is 0 Å². The maximum absolute atomic E-state index is 10.5. The maximum Gasteiger partial charge on any atom is 0.127 e. The summed E-state index contributed by atoms with van der Waals surface area (Å²) in [6, 6.07) is 7.47. The van der Waals surface area contributed by atoms with E-state index < -0.39 is 0 Å². The van der Waals surface area contributed by atoms with Gasteiger partial charge in [0.25, 0.3) is 0 Å². The molecule has 112 valence electrons. The van der Waals surface area contributed by atoms with E-state index in [4.69, 9.17) is 4.74 Å². The molecule has 3 rings (SSSR count). The Balaban J connectivity index is 1.94. The number of hydrogen-bond donors (Lipinski definition) is 2. The van der Waals surface area contributed by atoms with Crippen molar-refractivity contribution in [3.63, 3.8) is 0 Å². The van der Waals surface area contributed by atoms with Gasteiger partial charge in [0.1, 0.15) is 11.5 Å². The number of phenols is 2. The van der Waals surface area contributed by atoms with Crippen LogP contribution in [-0.2, 0) is 17.6 Å². The van der Waals surface area contributed by atoms with Gasteiger partial charge in [-0.05, 0) is 19.3 Å². The van der Waals surface area contributed by atoms with Crippen molar-refractivity contribution >= 4 is 10.8 Å². The number of phenolic OH excluding ortho intramolecular Hbond substituents is 2. The maximum atomic E-state index is 10.5. The third-order valence-corrected chi connectivity index (χ3v) is 4.37. The summed E-state index contributed by atoms with van der Waals surface area (Å²) >= 11 is 0. The van der Waals surface area contributed by atoms with Crippen molar-refractivity contribution < 1.29 is 14.9 Å². The first kappa shape index (κ1) is 14.2. The van der Waals surface area contributed by atoms with Crippen molar-refractivity contribution in [1.82, 2.24) is 0 Å². The first-order chi connectivity index (χ1) is 10.2. The summed E-state index contributed by atoms with van der Waals surface area (Å²) in [5, 5.41) is 22.5. The lowest BCUT2D eigenvalue weighted by molar-refractivity contribution is 0.0418. The van der Waals surface area contributed by atoms with Gasteiger partial charge < -0.3 is 14.9 Å². The minimum atomic E-state index is 0.149. The Kier molecular flexibility index (Phi) is 4.02. The van der Waals surface area contributed by atoms with Crippen LogP contribution in [0.3, 0.4) is 0 Å². The predicted octanol–water partition coefficient (Wildman–Crippen LogP) is 3.93. The van der Waals surface area contributed by atoms with Gasteiger partial charge in [-0.25, -0.2) is 0 Å². The molecule has 3 heteroatoms. The highest BCUT2D eigenvalue weighted by molar-refractivity contribution is 5.95. The normalized spacial score (nSPS) is 17.9. The zero-order chi connectivity index (χ0) is 14.8. The smallest absolute Gasteiger partial charge is 0.127 e. The second-order valence-electron chi connectivity index (χ2n) is 5.79. The van der Waals surface area contributed by atoms with Crippen molar-refractivity contribution in [3.8, 4) is 11.5 Å².